The van der Waals surface area contributed by atoms with Crippen LogP contribution in [0.15, 0.2) is 35.7 Å². The van der Waals surface area contributed by atoms with Gasteiger partial charge < -0.3 is 10.1 Å². The van der Waals surface area contributed by atoms with E-state index in [4.69, 9.17) is 4.74 Å². The molecule has 2 heterocycles. The highest BCUT2D eigenvalue weighted by Crippen LogP contribution is 2.38. The second kappa shape index (κ2) is 3.83. The van der Waals surface area contributed by atoms with E-state index in [0.29, 0.717) is 0 Å². The third kappa shape index (κ3) is 1.57. The van der Waals surface area contributed by atoms with E-state index in [1.165, 1.54) is 11.1 Å². The molecule has 0 aliphatic carbocycles. The van der Waals surface area contributed by atoms with E-state index < -0.39 is 0 Å². The van der Waals surface area contributed by atoms with Gasteiger partial charge in [-0.2, -0.15) is 0 Å². The monoisotopic (exact) mass is 231 g/mol. The van der Waals surface area contributed by atoms with E-state index in [-0.39, 0.29) is 6.10 Å². The van der Waals surface area contributed by atoms with E-state index in [1.807, 2.05) is 6.07 Å². The maximum Gasteiger partial charge on any atom is 0.154 e. The van der Waals surface area contributed by atoms with E-state index in [1.54, 1.807) is 11.3 Å². The summed E-state index contributed by atoms with van der Waals surface area (Å²) >= 11 is 1.69. The summed E-state index contributed by atoms with van der Waals surface area (Å²) in [5, 5.41) is 6.61. The smallest absolute Gasteiger partial charge is 0.154 e. The molecule has 0 radical (unpaired) electrons. The number of nitrogens with one attached hydrogen (secondary N) is 1. The third-order valence-electron chi connectivity index (χ3n) is 2.88. The second-order valence-electron chi connectivity index (χ2n) is 3.96. The summed E-state index contributed by atoms with van der Waals surface area (Å²) in [4.78, 5) is 0. The van der Waals surface area contributed by atoms with Crippen LogP contribution in [0.1, 0.15) is 17.2 Å². The molecule has 16 heavy (non-hydrogen) atoms. The van der Waals surface area contributed by atoms with Crippen molar-refractivity contribution in [3.8, 4) is 5.75 Å². The maximum atomic E-state index is 5.99. The minimum Gasteiger partial charge on any atom is -0.481 e. The Bertz CT molecular complexity index is 506. The number of rotatable bonds is 1. The molecule has 1 aliphatic rings. The van der Waals surface area contributed by atoms with Crippen molar-refractivity contribution in [2.45, 2.75) is 13.0 Å². The van der Waals surface area contributed by atoms with Crippen LogP contribution in [-0.2, 0) is 0 Å². The number of benzene rings is 1. The zero-order chi connectivity index (χ0) is 11.0. The van der Waals surface area contributed by atoms with E-state index >= 15 is 0 Å². The van der Waals surface area contributed by atoms with Crippen LogP contribution < -0.4 is 10.1 Å². The quantitative estimate of drug-likeness (QED) is 0.809. The first-order chi connectivity index (χ1) is 7.84. The zero-order valence-corrected chi connectivity index (χ0v) is 9.88. The van der Waals surface area contributed by atoms with Crippen LogP contribution in [0.2, 0.25) is 0 Å². The first-order valence-electron chi connectivity index (χ1n) is 5.38. The molecule has 0 saturated heterocycles. The molecule has 1 atom stereocenters. The molecule has 82 valence electrons. The molecule has 1 N–H and O–H groups in total. The molecule has 1 aromatic carbocycles. The SMILES string of the molecule is Cc1ccccc1C1CNc2sccc2O1. The first-order valence-corrected chi connectivity index (χ1v) is 6.26. The molecule has 2 nitrogen and oxygen atoms in total. The van der Waals surface area contributed by atoms with Gasteiger partial charge in [0.25, 0.3) is 0 Å². The van der Waals surface area contributed by atoms with Crippen molar-refractivity contribution in [1.29, 1.82) is 0 Å². The van der Waals surface area contributed by atoms with E-state index in [9.17, 15) is 0 Å². The first kappa shape index (κ1) is 9.73. The summed E-state index contributed by atoms with van der Waals surface area (Å²) in [6.45, 7) is 2.97. The summed E-state index contributed by atoms with van der Waals surface area (Å²) in [5.74, 6) is 0.976. The molecule has 0 spiro atoms. The summed E-state index contributed by atoms with van der Waals surface area (Å²) in [5.41, 5.74) is 2.56. The van der Waals surface area contributed by atoms with Gasteiger partial charge in [0.1, 0.15) is 11.1 Å². The Morgan fingerprint density at radius 1 is 1.31 bits per heavy atom. The Balaban J connectivity index is 1.92. The van der Waals surface area contributed by atoms with Crippen LogP contribution in [-0.4, -0.2) is 6.54 Å². The van der Waals surface area contributed by atoms with Crippen LogP contribution in [0.4, 0.5) is 5.00 Å². The Morgan fingerprint density at radius 2 is 2.19 bits per heavy atom. The number of ether oxygens (including phenoxy) is 1. The molecule has 3 rings (SSSR count). The van der Waals surface area contributed by atoms with Crippen LogP contribution in [0.5, 0.6) is 5.75 Å². The maximum absolute atomic E-state index is 5.99. The third-order valence-corrected chi connectivity index (χ3v) is 3.74. The molecule has 0 amide bonds. The number of fused-ring (bicyclic) bond motifs is 1. The lowest BCUT2D eigenvalue weighted by Crippen LogP contribution is -2.23. The Morgan fingerprint density at radius 3 is 3.06 bits per heavy atom. The fourth-order valence-corrected chi connectivity index (χ4v) is 2.75. The average Bonchev–Trinajstić information content (AvgIpc) is 2.76. The molecule has 3 heteroatoms. The molecular weight excluding hydrogens is 218 g/mol. The van der Waals surface area contributed by atoms with Gasteiger partial charge in [-0.3, -0.25) is 0 Å². The number of hydrogen-bond donors (Lipinski definition) is 1. The minimum absolute atomic E-state index is 0.128. The molecule has 1 unspecified atom stereocenters. The molecule has 1 aromatic heterocycles. The molecule has 2 aromatic rings. The van der Waals surface area contributed by atoms with Crippen molar-refractivity contribution in [3.05, 3.63) is 46.8 Å². The Kier molecular flexibility index (Phi) is 2.33. The standard InChI is InChI=1S/C13H13NOS/c1-9-4-2-3-5-10(9)12-8-14-13-11(15-12)6-7-16-13/h2-7,12,14H,8H2,1H3. The minimum atomic E-state index is 0.128. The van der Waals surface area contributed by atoms with Crippen molar-refractivity contribution in [2.75, 3.05) is 11.9 Å². The van der Waals surface area contributed by atoms with Crippen LogP contribution in [0, 0.1) is 6.92 Å². The van der Waals surface area contributed by atoms with Gasteiger partial charge in [-0.25, -0.2) is 0 Å². The molecular formula is C13H13NOS. The van der Waals surface area contributed by atoms with Crippen molar-refractivity contribution >= 4 is 16.3 Å². The van der Waals surface area contributed by atoms with Crippen molar-refractivity contribution in [1.82, 2.24) is 0 Å². The summed E-state index contributed by atoms with van der Waals surface area (Å²) in [6, 6.07) is 10.4. The van der Waals surface area contributed by atoms with Gasteiger partial charge in [0, 0.05) is 0 Å². The van der Waals surface area contributed by atoms with Crippen LogP contribution in [0.3, 0.4) is 0 Å². The zero-order valence-electron chi connectivity index (χ0n) is 9.07. The average molecular weight is 231 g/mol. The van der Waals surface area contributed by atoms with Crippen molar-refractivity contribution < 1.29 is 4.74 Å². The lowest BCUT2D eigenvalue weighted by Gasteiger charge is -2.26. The Labute approximate surface area is 98.9 Å². The normalized spacial score (nSPS) is 18.4. The summed E-state index contributed by atoms with van der Waals surface area (Å²) < 4.78 is 5.99. The molecule has 0 saturated carbocycles. The van der Waals surface area contributed by atoms with E-state index in [0.717, 1.165) is 17.3 Å². The van der Waals surface area contributed by atoms with Crippen LogP contribution >= 0.6 is 11.3 Å². The van der Waals surface area contributed by atoms with Gasteiger partial charge in [0.15, 0.2) is 5.75 Å². The van der Waals surface area contributed by atoms with Gasteiger partial charge in [0.05, 0.1) is 6.54 Å². The molecule has 0 bridgehead atoms. The summed E-state index contributed by atoms with van der Waals surface area (Å²) in [6.07, 6.45) is 0.128. The number of aryl methyl sites for hydroxylation is 1. The van der Waals surface area contributed by atoms with Crippen molar-refractivity contribution in [3.63, 3.8) is 0 Å². The lowest BCUT2D eigenvalue weighted by atomic mass is 10.0. The molecule has 0 fully saturated rings. The topological polar surface area (TPSA) is 21.3 Å². The number of thiophene rings is 1. The predicted molar refractivity (Wildman–Crippen MR) is 67.4 cm³/mol. The highest BCUT2D eigenvalue weighted by molar-refractivity contribution is 7.14. The van der Waals surface area contributed by atoms with Gasteiger partial charge >= 0.3 is 0 Å². The van der Waals surface area contributed by atoms with Crippen LogP contribution in [0.25, 0.3) is 0 Å². The highest BCUT2D eigenvalue weighted by Gasteiger charge is 2.22. The summed E-state index contributed by atoms with van der Waals surface area (Å²) in [7, 11) is 0. The van der Waals surface area contributed by atoms with Crippen molar-refractivity contribution in [2.24, 2.45) is 0 Å². The second-order valence-corrected chi connectivity index (χ2v) is 4.87. The largest absolute Gasteiger partial charge is 0.481 e. The van der Waals surface area contributed by atoms with Gasteiger partial charge in [-0.15, -0.1) is 11.3 Å². The Hall–Kier alpha value is -1.48. The van der Waals surface area contributed by atoms with Gasteiger partial charge in [0.2, 0.25) is 0 Å². The van der Waals surface area contributed by atoms with Gasteiger partial charge in [-0.1, -0.05) is 24.3 Å². The van der Waals surface area contributed by atoms with Gasteiger partial charge in [-0.05, 0) is 29.5 Å². The highest BCUT2D eigenvalue weighted by atomic mass is 32.1. The fraction of sp³-hybridized carbons (Fsp3) is 0.231. The lowest BCUT2D eigenvalue weighted by molar-refractivity contribution is 0.211. The number of hydrogen-bond acceptors (Lipinski definition) is 3. The molecule has 1 aliphatic heterocycles. The fourth-order valence-electron chi connectivity index (χ4n) is 2.02. The predicted octanol–water partition coefficient (Wildman–Crippen LogP) is 3.60. The van der Waals surface area contributed by atoms with E-state index in [2.05, 4.69) is 41.9 Å². The number of anilines is 1.